The second-order valence-corrected chi connectivity index (χ2v) is 13.0. The Kier molecular flexibility index (Phi) is 8.81. The average Bonchev–Trinajstić information content (AvgIpc) is 3.60. The molecule has 2 unspecified atom stereocenters. The van der Waals surface area contributed by atoms with Gasteiger partial charge in [-0.3, -0.25) is 9.69 Å². The molecular weight excluding hydrogens is 570 g/mol. The lowest BCUT2D eigenvalue weighted by Crippen LogP contribution is -2.56. The maximum Gasteiger partial charge on any atom is 0.411 e. The highest BCUT2D eigenvalue weighted by Gasteiger charge is 2.51. The number of fused-ring (bicyclic) bond motifs is 1. The topological polar surface area (TPSA) is 159 Å². The number of aliphatic hydroxyl groups is 1. The van der Waals surface area contributed by atoms with E-state index in [2.05, 4.69) is 9.97 Å². The summed E-state index contributed by atoms with van der Waals surface area (Å²) in [5.41, 5.74) is 8.38. The van der Waals surface area contributed by atoms with E-state index in [1.807, 2.05) is 44.2 Å². The van der Waals surface area contributed by atoms with Crippen molar-refractivity contribution in [3.63, 3.8) is 0 Å². The smallest absolute Gasteiger partial charge is 0.411 e. The molecule has 0 spiro atoms. The van der Waals surface area contributed by atoms with Crippen LogP contribution in [0.4, 0.5) is 4.79 Å². The van der Waals surface area contributed by atoms with E-state index in [0.29, 0.717) is 16.6 Å². The number of carbonyl (C=O) groups is 2. The Bertz CT molecular complexity index is 1680. The summed E-state index contributed by atoms with van der Waals surface area (Å²) >= 11 is 0. The van der Waals surface area contributed by atoms with E-state index >= 15 is 0 Å². The molecule has 12 heteroatoms. The molecular formula is C31H35N5O6S. The minimum Gasteiger partial charge on any atom is -0.438 e. The molecule has 0 aliphatic carbocycles. The third-order valence-corrected chi connectivity index (χ3v) is 9.35. The van der Waals surface area contributed by atoms with Crippen LogP contribution in [0.5, 0.6) is 0 Å². The molecule has 5 rings (SSSR count). The van der Waals surface area contributed by atoms with Crippen molar-refractivity contribution in [2.75, 3.05) is 13.1 Å². The molecule has 2 amide bonds. The van der Waals surface area contributed by atoms with Crippen molar-refractivity contribution in [3.8, 4) is 0 Å². The van der Waals surface area contributed by atoms with Gasteiger partial charge in [0.05, 0.1) is 34.4 Å². The zero-order valence-corrected chi connectivity index (χ0v) is 24.7. The van der Waals surface area contributed by atoms with Gasteiger partial charge in [0.1, 0.15) is 0 Å². The lowest BCUT2D eigenvalue weighted by atomic mass is 9.95. The Morgan fingerprint density at radius 1 is 1.07 bits per heavy atom. The number of rotatable bonds is 12. The van der Waals surface area contributed by atoms with Crippen LogP contribution >= 0.6 is 0 Å². The van der Waals surface area contributed by atoms with Gasteiger partial charge in [0, 0.05) is 13.1 Å². The molecule has 226 valence electrons. The molecule has 43 heavy (non-hydrogen) atoms. The van der Waals surface area contributed by atoms with Crippen LogP contribution in [0, 0.1) is 5.92 Å². The van der Waals surface area contributed by atoms with Gasteiger partial charge in [0.2, 0.25) is 15.9 Å². The predicted octanol–water partition coefficient (Wildman–Crippen LogP) is 3.23. The number of H-pyrrole nitrogens is 1. The molecule has 0 radical (unpaired) electrons. The van der Waals surface area contributed by atoms with E-state index in [0.717, 1.165) is 5.56 Å². The number of sulfonamides is 1. The number of ether oxygens (including phenoxy) is 1. The van der Waals surface area contributed by atoms with Crippen molar-refractivity contribution < 1.29 is 27.9 Å². The van der Waals surface area contributed by atoms with Crippen LogP contribution in [-0.2, 0) is 26.0 Å². The SMILES string of the molecule is CC(C)CN(C[C@@H](O)[C@H](Cc1ccccc1)N1C(=O)OC(c2ccccc2)C1C(N)=O)S(=O)(=O)c1ccc2nc[nH]c2c1. The second kappa shape index (κ2) is 12.5. The van der Waals surface area contributed by atoms with Crippen molar-refractivity contribution in [1.82, 2.24) is 19.2 Å². The molecule has 4 aromatic rings. The maximum atomic E-state index is 13.9. The van der Waals surface area contributed by atoms with Gasteiger partial charge < -0.3 is 20.6 Å². The van der Waals surface area contributed by atoms with Crippen molar-refractivity contribution >= 4 is 33.1 Å². The van der Waals surface area contributed by atoms with Gasteiger partial charge in [0.25, 0.3) is 0 Å². The van der Waals surface area contributed by atoms with Crippen LogP contribution in [0.15, 0.2) is 90.1 Å². The van der Waals surface area contributed by atoms with Crippen molar-refractivity contribution in [2.45, 2.75) is 49.5 Å². The number of nitrogens with two attached hydrogens (primary N) is 1. The largest absolute Gasteiger partial charge is 0.438 e. The van der Waals surface area contributed by atoms with E-state index in [-0.39, 0.29) is 30.3 Å². The summed E-state index contributed by atoms with van der Waals surface area (Å²) in [5.74, 6) is -0.882. The summed E-state index contributed by atoms with van der Waals surface area (Å²) in [6, 6.07) is 20.2. The Hall–Kier alpha value is -4.26. The van der Waals surface area contributed by atoms with Crippen molar-refractivity contribution in [2.24, 2.45) is 11.7 Å². The average molecular weight is 606 g/mol. The first-order valence-electron chi connectivity index (χ1n) is 14.0. The van der Waals surface area contributed by atoms with E-state index in [1.54, 1.807) is 36.4 Å². The number of aromatic amines is 1. The summed E-state index contributed by atoms with van der Waals surface area (Å²) in [4.78, 5) is 34.6. The highest BCUT2D eigenvalue weighted by molar-refractivity contribution is 7.89. The standard InChI is InChI=1S/C31H35N5O6S/c1-20(2)17-35(43(40,41)23-13-14-24-25(16-23)34-19-33-24)18-27(37)26(15-21-9-5-3-6-10-21)36-28(30(32)38)29(42-31(36)39)22-11-7-4-8-12-22/h3-14,16,19-20,26-29,37H,15,17-18H2,1-2H3,(H2,32,38)(H,33,34)/t26-,27+,28?,29?/m0/s1. The van der Waals surface area contributed by atoms with Crippen LogP contribution in [-0.4, -0.2) is 76.0 Å². The molecule has 4 N–H and O–H groups in total. The quantitative estimate of drug-likeness (QED) is 0.224. The number of nitrogens with one attached hydrogen (secondary N) is 1. The summed E-state index contributed by atoms with van der Waals surface area (Å²) in [5, 5.41) is 11.8. The first-order chi connectivity index (χ1) is 20.6. The number of carbonyl (C=O) groups excluding carboxylic acids is 2. The van der Waals surface area contributed by atoms with Gasteiger partial charge in [-0.15, -0.1) is 0 Å². The summed E-state index contributed by atoms with van der Waals surface area (Å²) < 4.78 is 34.8. The number of nitrogens with zero attached hydrogens (tertiary/aromatic N) is 3. The summed E-state index contributed by atoms with van der Waals surface area (Å²) in [7, 11) is -4.09. The lowest BCUT2D eigenvalue weighted by molar-refractivity contribution is -0.124. The Labute approximate surface area is 250 Å². The third kappa shape index (κ3) is 6.41. The van der Waals surface area contributed by atoms with Crippen molar-refractivity contribution in [3.05, 3.63) is 96.3 Å². The Morgan fingerprint density at radius 3 is 2.40 bits per heavy atom. The molecule has 1 aromatic heterocycles. The maximum absolute atomic E-state index is 13.9. The van der Waals surface area contributed by atoms with Crippen LogP contribution in [0.2, 0.25) is 0 Å². The molecule has 2 heterocycles. The van der Waals surface area contributed by atoms with Gasteiger partial charge in [-0.2, -0.15) is 4.31 Å². The number of benzene rings is 3. The van der Waals surface area contributed by atoms with Crippen LogP contribution in [0.1, 0.15) is 31.1 Å². The summed E-state index contributed by atoms with van der Waals surface area (Å²) in [6.45, 7) is 3.51. The summed E-state index contributed by atoms with van der Waals surface area (Å²) in [6.07, 6.45) is -1.61. The van der Waals surface area contributed by atoms with Crippen LogP contribution in [0.25, 0.3) is 11.0 Å². The van der Waals surface area contributed by atoms with Crippen LogP contribution in [0.3, 0.4) is 0 Å². The van der Waals surface area contributed by atoms with Crippen molar-refractivity contribution in [1.29, 1.82) is 0 Å². The molecule has 0 bridgehead atoms. The normalized spacial score (nSPS) is 18.7. The number of hydrogen-bond donors (Lipinski definition) is 3. The number of aliphatic hydroxyl groups excluding tert-OH is 1. The molecule has 4 atom stereocenters. The second-order valence-electron chi connectivity index (χ2n) is 11.1. The molecule has 1 aliphatic heterocycles. The van der Waals surface area contributed by atoms with Gasteiger partial charge in [-0.1, -0.05) is 74.5 Å². The number of cyclic esters (lactones) is 1. The fourth-order valence-corrected chi connectivity index (χ4v) is 7.17. The van der Waals surface area contributed by atoms with E-state index in [9.17, 15) is 23.1 Å². The molecule has 3 aromatic carbocycles. The Balaban J connectivity index is 1.52. The first kappa shape index (κ1) is 30.2. The molecule has 1 saturated heterocycles. The zero-order valence-electron chi connectivity index (χ0n) is 23.9. The minimum absolute atomic E-state index is 0.0384. The first-order valence-corrected chi connectivity index (χ1v) is 15.5. The Morgan fingerprint density at radius 2 is 1.74 bits per heavy atom. The predicted molar refractivity (Wildman–Crippen MR) is 160 cm³/mol. The minimum atomic E-state index is -4.09. The third-order valence-electron chi connectivity index (χ3n) is 7.52. The van der Waals surface area contributed by atoms with E-state index in [4.69, 9.17) is 10.5 Å². The number of imidazole rings is 1. The number of hydrogen-bond acceptors (Lipinski definition) is 7. The molecule has 11 nitrogen and oxygen atoms in total. The van der Waals surface area contributed by atoms with Gasteiger partial charge in [-0.05, 0) is 41.7 Å². The highest BCUT2D eigenvalue weighted by atomic mass is 32.2. The van der Waals surface area contributed by atoms with E-state index in [1.165, 1.54) is 27.7 Å². The molecule has 0 saturated carbocycles. The highest BCUT2D eigenvalue weighted by Crippen LogP contribution is 2.36. The van der Waals surface area contributed by atoms with Gasteiger partial charge in [-0.25, -0.2) is 18.2 Å². The monoisotopic (exact) mass is 605 g/mol. The van der Waals surface area contributed by atoms with Gasteiger partial charge in [0.15, 0.2) is 12.1 Å². The number of primary amides is 1. The van der Waals surface area contributed by atoms with Crippen LogP contribution < -0.4 is 5.73 Å². The lowest BCUT2D eigenvalue weighted by Gasteiger charge is -2.36. The fourth-order valence-electron chi connectivity index (χ4n) is 5.52. The molecule has 1 aliphatic rings. The zero-order chi connectivity index (χ0) is 30.7. The fraction of sp³-hybridized carbons (Fsp3) is 0.323. The van der Waals surface area contributed by atoms with E-state index < -0.39 is 46.3 Å². The number of aromatic nitrogens is 2. The molecule has 1 fully saturated rings. The number of amides is 2. The van der Waals surface area contributed by atoms with Gasteiger partial charge >= 0.3 is 6.09 Å².